The number of aryl methyl sites for hydroxylation is 2. The average Bonchev–Trinajstić information content (AvgIpc) is 2.56. The van der Waals surface area contributed by atoms with Crippen LogP contribution in [0.3, 0.4) is 0 Å². The number of rotatable bonds is 2. The van der Waals surface area contributed by atoms with Crippen LogP contribution in [0.15, 0.2) is 30.5 Å². The Morgan fingerprint density at radius 1 is 1.33 bits per heavy atom. The Hall–Kier alpha value is -1.92. The molecule has 3 rings (SSSR count). The first kappa shape index (κ1) is 16.9. The minimum Gasteiger partial charge on any atom is -0.378 e. The Bertz CT molecular complexity index is 683. The van der Waals surface area contributed by atoms with Crippen LogP contribution in [0.1, 0.15) is 22.7 Å². The van der Waals surface area contributed by atoms with Crippen molar-refractivity contribution in [3.8, 4) is 0 Å². The number of benzene rings is 1. The van der Waals surface area contributed by atoms with Gasteiger partial charge in [-0.25, -0.2) is 0 Å². The predicted molar refractivity (Wildman–Crippen MR) is 97.6 cm³/mol. The standard InChI is InChI=1S/C18H23N3O2S/c1-11-4-5-12(2)14(10-11)16-15(13(3)19-18(24)20-16)17(22)21-6-8-23-9-7-21/h4-5,10,15-16H,3,6-9H2,1-2H3,(H2,19,20,24)/t15-,16-/m1/s1. The van der Waals surface area contributed by atoms with Gasteiger partial charge in [0.1, 0.15) is 5.92 Å². The van der Waals surface area contributed by atoms with E-state index in [1.54, 1.807) is 0 Å². The molecule has 2 N–H and O–H groups in total. The van der Waals surface area contributed by atoms with E-state index in [0.717, 1.165) is 16.7 Å². The summed E-state index contributed by atoms with van der Waals surface area (Å²) in [5, 5.41) is 6.82. The average molecular weight is 345 g/mol. The van der Waals surface area contributed by atoms with Gasteiger partial charge in [0.15, 0.2) is 5.11 Å². The van der Waals surface area contributed by atoms with Crippen LogP contribution < -0.4 is 10.6 Å². The van der Waals surface area contributed by atoms with E-state index in [4.69, 9.17) is 17.0 Å². The predicted octanol–water partition coefficient (Wildman–Crippen LogP) is 1.81. The zero-order chi connectivity index (χ0) is 17.3. The van der Waals surface area contributed by atoms with Crippen LogP contribution in [0.25, 0.3) is 0 Å². The molecule has 2 fully saturated rings. The summed E-state index contributed by atoms with van der Waals surface area (Å²) < 4.78 is 5.36. The molecule has 24 heavy (non-hydrogen) atoms. The quantitative estimate of drug-likeness (QED) is 0.801. The maximum Gasteiger partial charge on any atom is 0.234 e. The van der Waals surface area contributed by atoms with Crippen molar-refractivity contribution in [1.29, 1.82) is 0 Å². The van der Waals surface area contributed by atoms with Crippen molar-refractivity contribution in [2.75, 3.05) is 26.3 Å². The zero-order valence-corrected chi connectivity index (χ0v) is 14.9. The second kappa shape index (κ2) is 6.91. The van der Waals surface area contributed by atoms with Crippen LogP contribution in [0, 0.1) is 19.8 Å². The van der Waals surface area contributed by atoms with Crippen molar-refractivity contribution in [2.45, 2.75) is 19.9 Å². The molecule has 0 radical (unpaired) electrons. The smallest absolute Gasteiger partial charge is 0.234 e. The minimum absolute atomic E-state index is 0.0664. The van der Waals surface area contributed by atoms with Crippen LogP contribution in [0.5, 0.6) is 0 Å². The zero-order valence-electron chi connectivity index (χ0n) is 14.1. The van der Waals surface area contributed by atoms with Gasteiger partial charge in [0, 0.05) is 18.8 Å². The largest absolute Gasteiger partial charge is 0.378 e. The van der Waals surface area contributed by atoms with E-state index in [1.807, 2.05) is 4.90 Å². The number of hydrogen-bond acceptors (Lipinski definition) is 3. The molecule has 2 heterocycles. The molecule has 0 aromatic heterocycles. The molecule has 2 atom stereocenters. The van der Waals surface area contributed by atoms with E-state index in [1.165, 1.54) is 0 Å². The molecule has 1 aromatic rings. The first-order valence-corrected chi connectivity index (χ1v) is 8.58. The molecule has 0 unspecified atom stereocenters. The van der Waals surface area contributed by atoms with Gasteiger partial charge in [-0.05, 0) is 37.2 Å². The van der Waals surface area contributed by atoms with Crippen molar-refractivity contribution in [2.24, 2.45) is 5.92 Å². The number of morpholine rings is 1. The molecule has 1 amide bonds. The highest BCUT2D eigenvalue weighted by Gasteiger charge is 2.39. The number of carbonyl (C=O) groups is 1. The molecule has 1 aromatic carbocycles. The lowest BCUT2D eigenvalue weighted by molar-refractivity contribution is -0.139. The molecule has 0 bridgehead atoms. The second-order valence-electron chi connectivity index (χ2n) is 6.38. The lowest BCUT2D eigenvalue weighted by Gasteiger charge is -2.39. The van der Waals surface area contributed by atoms with Gasteiger partial charge in [-0.2, -0.15) is 0 Å². The summed E-state index contributed by atoms with van der Waals surface area (Å²) in [4.78, 5) is 15.0. The molecule has 2 aliphatic heterocycles. The topological polar surface area (TPSA) is 53.6 Å². The van der Waals surface area contributed by atoms with Crippen LogP contribution in [0.4, 0.5) is 0 Å². The number of nitrogens with zero attached hydrogens (tertiary/aromatic N) is 1. The summed E-state index contributed by atoms with van der Waals surface area (Å²) in [5.74, 6) is -0.327. The fraction of sp³-hybridized carbons (Fsp3) is 0.444. The van der Waals surface area contributed by atoms with Crippen molar-refractivity contribution in [3.63, 3.8) is 0 Å². The van der Waals surface area contributed by atoms with Crippen molar-refractivity contribution in [1.82, 2.24) is 15.5 Å². The molecule has 2 aliphatic rings. The van der Waals surface area contributed by atoms with Gasteiger partial charge in [0.2, 0.25) is 5.91 Å². The van der Waals surface area contributed by atoms with E-state index in [0.29, 0.717) is 37.1 Å². The van der Waals surface area contributed by atoms with Gasteiger partial charge in [-0.3, -0.25) is 4.79 Å². The fourth-order valence-corrected chi connectivity index (χ4v) is 3.57. The molecule has 128 valence electrons. The highest BCUT2D eigenvalue weighted by atomic mass is 32.1. The van der Waals surface area contributed by atoms with E-state index >= 15 is 0 Å². The maximum absolute atomic E-state index is 13.1. The first-order chi connectivity index (χ1) is 11.5. The third-order valence-corrected chi connectivity index (χ3v) is 4.85. The van der Waals surface area contributed by atoms with Gasteiger partial charge >= 0.3 is 0 Å². The minimum atomic E-state index is -0.393. The molecule has 2 saturated heterocycles. The number of nitrogens with one attached hydrogen (secondary N) is 2. The monoisotopic (exact) mass is 345 g/mol. The molecular formula is C18H23N3O2S. The van der Waals surface area contributed by atoms with E-state index in [-0.39, 0.29) is 11.9 Å². The molecule has 0 aliphatic carbocycles. The van der Waals surface area contributed by atoms with Gasteiger partial charge in [0.25, 0.3) is 0 Å². The van der Waals surface area contributed by atoms with E-state index in [2.05, 4.69) is 49.3 Å². The third-order valence-electron chi connectivity index (χ3n) is 4.63. The molecule has 5 nitrogen and oxygen atoms in total. The Morgan fingerprint density at radius 2 is 2.04 bits per heavy atom. The van der Waals surface area contributed by atoms with Gasteiger partial charge in [-0.1, -0.05) is 30.3 Å². The third kappa shape index (κ3) is 3.30. The first-order valence-electron chi connectivity index (χ1n) is 8.17. The highest BCUT2D eigenvalue weighted by molar-refractivity contribution is 7.80. The summed E-state index contributed by atoms with van der Waals surface area (Å²) in [5.41, 5.74) is 4.04. The Kier molecular flexibility index (Phi) is 4.87. The highest BCUT2D eigenvalue weighted by Crippen LogP contribution is 2.33. The lowest BCUT2D eigenvalue weighted by atomic mass is 9.85. The molecule has 0 spiro atoms. The number of amides is 1. The van der Waals surface area contributed by atoms with Gasteiger partial charge in [-0.15, -0.1) is 0 Å². The van der Waals surface area contributed by atoms with Gasteiger partial charge in [0.05, 0.1) is 19.3 Å². The lowest BCUT2D eigenvalue weighted by Crippen LogP contribution is -2.55. The molecule has 0 saturated carbocycles. The van der Waals surface area contributed by atoms with Crippen LogP contribution in [-0.4, -0.2) is 42.2 Å². The van der Waals surface area contributed by atoms with Crippen LogP contribution in [-0.2, 0) is 9.53 Å². The number of hydrogen-bond donors (Lipinski definition) is 2. The second-order valence-corrected chi connectivity index (χ2v) is 6.78. The van der Waals surface area contributed by atoms with Crippen molar-refractivity contribution in [3.05, 3.63) is 47.2 Å². The SMILES string of the molecule is C=C1NC(=S)N[C@H](c2cc(C)ccc2C)[C@@H]1C(=O)N1CCOCC1. The summed E-state index contributed by atoms with van der Waals surface area (Å²) in [6.45, 7) is 10.6. The Balaban J connectivity index is 1.96. The van der Waals surface area contributed by atoms with Gasteiger partial charge < -0.3 is 20.3 Å². The Labute approximate surface area is 148 Å². The summed E-state index contributed by atoms with van der Waals surface area (Å²) >= 11 is 5.30. The normalized spacial score (nSPS) is 24.3. The number of thiocarbonyl (C=S) groups is 1. The Morgan fingerprint density at radius 3 is 2.75 bits per heavy atom. The van der Waals surface area contributed by atoms with Crippen LogP contribution in [0.2, 0.25) is 0 Å². The summed E-state index contributed by atoms with van der Waals surface area (Å²) in [6.07, 6.45) is 0. The van der Waals surface area contributed by atoms with Crippen molar-refractivity contribution < 1.29 is 9.53 Å². The van der Waals surface area contributed by atoms with Crippen LogP contribution >= 0.6 is 12.2 Å². The van der Waals surface area contributed by atoms with E-state index in [9.17, 15) is 4.79 Å². The maximum atomic E-state index is 13.1. The molecule has 6 heteroatoms. The summed E-state index contributed by atoms with van der Waals surface area (Å²) in [6, 6.07) is 6.07. The molecular weight excluding hydrogens is 322 g/mol. The van der Waals surface area contributed by atoms with Crippen molar-refractivity contribution >= 4 is 23.2 Å². The van der Waals surface area contributed by atoms with E-state index < -0.39 is 5.92 Å². The summed E-state index contributed by atoms with van der Waals surface area (Å²) in [7, 11) is 0. The number of ether oxygens (including phenoxy) is 1. The fourth-order valence-electron chi connectivity index (χ4n) is 3.31. The number of carbonyl (C=O) groups excluding carboxylic acids is 1.